The monoisotopic (exact) mass is 291 g/mol. The first kappa shape index (κ1) is 15.7. The van der Waals surface area contributed by atoms with Crippen molar-refractivity contribution in [3.8, 4) is 11.5 Å². The number of hydrogen-bond acceptors (Lipinski definition) is 3. The van der Waals surface area contributed by atoms with Crippen LogP contribution in [0.25, 0.3) is 0 Å². The molecule has 4 heteroatoms. The van der Waals surface area contributed by atoms with Crippen LogP contribution in [-0.2, 0) is 11.2 Å². The van der Waals surface area contributed by atoms with Gasteiger partial charge in [-0.2, -0.15) is 0 Å². The minimum atomic E-state index is 0.0842. The lowest BCUT2D eigenvalue weighted by atomic mass is 9.86. The Morgan fingerprint density at radius 2 is 1.90 bits per heavy atom. The van der Waals surface area contributed by atoms with Crippen LogP contribution >= 0.6 is 0 Å². The molecule has 1 aliphatic rings. The highest BCUT2D eigenvalue weighted by molar-refractivity contribution is 5.79. The summed E-state index contributed by atoms with van der Waals surface area (Å²) >= 11 is 0. The molecule has 21 heavy (non-hydrogen) atoms. The predicted molar refractivity (Wildman–Crippen MR) is 82.8 cm³/mol. The van der Waals surface area contributed by atoms with Gasteiger partial charge in [0.25, 0.3) is 0 Å². The van der Waals surface area contributed by atoms with Crippen molar-refractivity contribution in [3.63, 3.8) is 0 Å². The highest BCUT2D eigenvalue weighted by Crippen LogP contribution is 2.28. The molecule has 116 valence electrons. The van der Waals surface area contributed by atoms with Crippen molar-refractivity contribution >= 4 is 5.91 Å². The van der Waals surface area contributed by atoms with Crippen LogP contribution in [0.1, 0.15) is 38.2 Å². The molecule has 0 aromatic heterocycles. The molecule has 1 aromatic carbocycles. The van der Waals surface area contributed by atoms with Crippen LogP contribution in [0.4, 0.5) is 0 Å². The number of benzene rings is 1. The lowest BCUT2D eigenvalue weighted by Crippen LogP contribution is -2.41. The quantitative estimate of drug-likeness (QED) is 0.907. The number of amides is 1. The van der Waals surface area contributed by atoms with Crippen LogP contribution in [0.15, 0.2) is 18.2 Å². The van der Waals surface area contributed by atoms with Gasteiger partial charge in [-0.25, -0.2) is 0 Å². The third-order valence-electron chi connectivity index (χ3n) is 4.27. The van der Waals surface area contributed by atoms with E-state index in [0.29, 0.717) is 29.9 Å². The maximum Gasteiger partial charge on any atom is 0.224 e. The minimum absolute atomic E-state index is 0.0842. The first-order chi connectivity index (χ1) is 10.1. The summed E-state index contributed by atoms with van der Waals surface area (Å²) in [7, 11) is 3.21. The molecule has 2 atom stereocenters. The number of carbonyl (C=O) groups excluding carboxylic acids is 1. The molecule has 1 saturated carbocycles. The van der Waals surface area contributed by atoms with Crippen LogP contribution in [0, 0.1) is 5.92 Å². The van der Waals surface area contributed by atoms with Gasteiger partial charge in [0.15, 0.2) is 11.5 Å². The average Bonchev–Trinajstić information content (AvgIpc) is 2.49. The molecule has 2 rings (SSSR count). The van der Waals surface area contributed by atoms with Crippen molar-refractivity contribution in [2.45, 2.75) is 45.1 Å². The summed E-state index contributed by atoms with van der Waals surface area (Å²) in [5.74, 6) is 2.01. The molecule has 1 aliphatic carbocycles. The number of hydrogen-bond donors (Lipinski definition) is 1. The highest BCUT2D eigenvalue weighted by atomic mass is 16.5. The second-order valence-electron chi connectivity index (χ2n) is 5.80. The topological polar surface area (TPSA) is 47.6 Å². The molecule has 0 radical (unpaired) electrons. The van der Waals surface area contributed by atoms with Gasteiger partial charge in [-0.15, -0.1) is 0 Å². The van der Waals surface area contributed by atoms with Crippen LogP contribution in [-0.4, -0.2) is 26.2 Å². The van der Waals surface area contributed by atoms with Gasteiger partial charge in [-0.3, -0.25) is 4.79 Å². The molecule has 0 aliphatic heterocycles. The molecule has 0 bridgehead atoms. The Morgan fingerprint density at radius 1 is 1.19 bits per heavy atom. The van der Waals surface area contributed by atoms with Gasteiger partial charge in [0, 0.05) is 6.04 Å². The van der Waals surface area contributed by atoms with Crippen LogP contribution in [0.2, 0.25) is 0 Å². The van der Waals surface area contributed by atoms with Crippen molar-refractivity contribution in [3.05, 3.63) is 23.8 Å². The number of carbonyl (C=O) groups is 1. The van der Waals surface area contributed by atoms with Crippen molar-refractivity contribution in [1.29, 1.82) is 0 Å². The van der Waals surface area contributed by atoms with Crippen LogP contribution in [0.3, 0.4) is 0 Å². The van der Waals surface area contributed by atoms with Crippen molar-refractivity contribution in [1.82, 2.24) is 5.32 Å². The summed E-state index contributed by atoms with van der Waals surface area (Å²) in [6.45, 7) is 2.22. The lowest BCUT2D eigenvalue weighted by Gasteiger charge is -2.29. The van der Waals surface area contributed by atoms with Crippen molar-refractivity contribution in [2.24, 2.45) is 5.92 Å². The number of ether oxygens (including phenoxy) is 2. The fourth-order valence-electron chi connectivity index (χ4n) is 2.96. The second kappa shape index (κ2) is 7.34. The Morgan fingerprint density at radius 3 is 2.57 bits per heavy atom. The third kappa shape index (κ3) is 4.13. The Bertz CT molecular complexity index is 487. The first-order valence-electron chi connectivity index (χ1n) is 7.64. The molecule has 0 saturated heterocycles. The van der Waals surface area contributed by atoms with E-state index in [4.69, 9.17) is 9.47 Å². The summed E-state index contributed by atoms with van der Waals surface area (Å²) < 4.78 is 10.5. The Balaban J connectivity index is 1.96. The van der Waals surface area contributed by atoms with E-state index in [-0.39, 0.29) is 5.91 Å². The minimum Gasteiger partial charge on any atom is -0.493 e. The van der Waals surface area contributed by atoms with E-state index < -0.39 is 0 Å². The number of rotatable bonds is 5. The van der Waals surface area contributed by atoms with E-state index in [1.165, 1.54) is 19.3 Å². The Labute approximate surface area is 126 Å². The van der Waals surface area contributed by atoms with Gasteiger partial charge in [-0.05, 0) is 36.5 Å². The van der Waals surface area contributed by atoms with Crippen LogP contribution < -0.4 is 14.8 Å². The average molecular weight is 291 g/mol. The zero-order chi connectivity index (χ0) is 15.2. The van der Waals surface area contributed by atoms with Gasteiger partial charge in [0.05, 0.1) is 20.6 Å². The normalized spacial score (nSPS) is 21.7. The molecule has 1 amide bonds. The van der Waals surface area contributed by atoms with Gasteiger partial charge in [-0.1, -0.05) is 25.8 Å². The SMILES string of the molecule is COc1ccc(CC(=O)N[C@H]2CCCC[C@@H]2C)cc1OC. The predicted octanol–water partition coefficient (Wildman–Crippen LogP) is 2.94. The smallest absolute Gasteiger partial charge is 0.224 e. The zero-order valence-corrected chi connectivity index (χ0v) is 13.1. The van der Waals surface area contributed by atoms with E-state index in [0.717, 1.165) is 12.0 Å². The van der Waals surface area contributed by atoms with Gasteiger partial charge in [0.1, 0.15) is 0 Å². The molecule has 4 nitrogen and oxygen atoms in total. The van der Waals surface area contributed by atoms with Gasteiger partial charge in [0.2, 0.25) is 5.91 Å². The fourth-order valence-corrected chi connectivity index (χ4v) is 2.96. The molecule has 0 heterocycles. The lowest BCUT2D eigenvalue weighted by molar-refractivity contribution is -0.121. The maximum atomic E-state index is 12.2. The van der Waals surface area contributed by atoms with E-state index in [1.807, 2.05) is 18.2 Å². The second-order valence-corrected chi connectivity index (χ2v) is 5.80. The summed E-state index contributed by atoms with van der Waals surface area (Å²) in [6.07, 6.45) is 5.18. The molecule has 1 fully saturated rings. The molecule has 1 aromatic rings. The highest BCUT2D eigenvalue weighted by Gasteiger charge is 2.22. The third-order valence-corrected chi connectivity index (χ3v) is 4.27. The van der Waals surface area contributed by atoms with E-state index in [9.17, 15) is 4.79 Å². The van der Waals surface area contributed by atoms with Gasteiger partial charge >= 0.3 is 0 Å². The molecule has 0 unspecified atom stereocenters. The molecular weight excluding hydrogens is 266 g/mol. The van der Waals surface area contributed by atoms with E-state index in [1.54, 1.807) is 14.2 Å². The Hall–Kier alpha value is -1.71. The fraction of sp³-hybridized carbons (Fsp3) is 0.588. The zero-order valence-electron chi connectivity index (χ0n) is 13.1. The summed E-state index contributed by atoms with van der Waals surface area (Å²) in [5, 5.41) is 3.17. The molecule has 0 spiro atoms. The molecular formula is C17H25NO3. The summed E-state index contributed by atoms with van der Waals surface area (Å²) in [4.78, 5) is 12.2. The maximum absolute atomic E-state index is 12.2. The van der Waals surface area contributed by atoms with Crippen LogP contribution in [0.5, 0.6) is 11.5 Å². The summed E-state index contributed by atoms with van der Waals surface area (Å²) in [5.41, 5.74) is 0.939. The molecule has 1 N–H and O–H groups in total. The standard InChI is InChI=1S/C17H25NO3/c1-12-6-4-5-7-14(12)18-17(19)11-13-8-9-15(20-2)16(10-13)21-3/h8-10,12,14H,4-7,11H2,1-3H3,(H,18,19)/t12-,14-/m0/s1. The number of methoxy groups -OCH3 is 2. The van der Waals surface area contributed by atoms with Gasteiger partial charge < -0.3 is 14.8 Å². The van der Waals surface area contributed by atoms with E-state index in [2.05, 4.69) is 12.2 Å². The van der Waals surface area contributed by atoms with E-state index >= 15 is 0 Å². The Kier molecular flexibility index (Phi) is 5.48. The summed E-state index contributed by atoms with van der Waals surface area (Å²) in [6, 6.07) is 5.94. The van der Waals surface area contributed by atoms with Crippen molar-refractivity contribution in [2.75, 3.05) is 14.2 Å². The largest absolute Gasteiger partial charge is 0.493 e. The van der Waals surface area contributed by atoms with Crippen molar-refractivity contribution < 1.29 is 14.3 Å². The number of nitrogens with one attached hydrogen (secondary N) is 1. The first-order valence-corrected chi connectivity index (χ1v) is 7.64.